The molecule has 1 fully saturated rings. The highest BCUT2D eigenvalue weighted by atomic mass is 16.3. The molecular formula is C13H17NO3. The molecule has 0 saturated carbocycles. The third kappa shape index (κ3) is 2.77. The number of amides is 1. The second kappa shape index (κ2) is 4.37. The van der Waals surface area contributed by atoms with Crippen molar-refractivity contribution in [1.82, 2.24) is 4.90 Å². The quantitative estimate of drug-likeness (QED) is 0.801. The summed E-state index contributed by atoms with van der Waals surface area (Å²) in [5, 5.41) is 19.4. The van der Waals surface area contributed by atoms with E-state index in [0.29, 0.717) is 25.1 Å². The molecule has 1 saturated heterocycles. The molecule has 4 heteroatoms. The SMILES string of the molecule is CC1(O)CCN(C(=O)Cc2ccccc2O)C1. The summed E-state index contributed by atoms with van der Waals surface area (Å²) in [6.45, 7) is 2.69. The molecule has 0 radical (unpaired) electrons. The fourth-order valence-corrected chi connectivity index (χ4v) is 2.09. The first-order valence-corrected chi connectivity index (χ1v) is 5.75. The van der Waals surface area contributed by atoms with Gasteiger partial charge in [-0.1, -0.05) is 18.2 Å². The number of carbonyl (C=O) groups excluding carboxylic acids is 1. The number of aliphatic hydroxyl groups is 1. The number of aromatic hydroxyl groups is 1. The van der Waals surface area contributed by atoms with Crippen molar-refractivity contribution in [3.8, 4) is 5.75 Å². The molecule has 4 nitrogen and oxygen atoms in total. The van der Waals surface area contributed by atoms with Gasteiger partial charge in [0.05, 0.1) is 12.0 Å². The fraction of sp³-hybridized carbons (Fsp3) is 0.462. The Morgan fingerprint density at radius 1 is 1.47 bits per heavy atom. The molecular weight excluding hydrogens is 218 g/mol. The number of rotatable bonds is 2. The summed E-state index contributed by atoms with van der Waals surface area (Å²) in [7, 11) is 0. The van der Waals surface area contributed by atoms with Crippen molar-refractivity contribution in [2.75, 3.05) is 13.1 Å². The van der Waals surface area contributed by atoms with Crippen LogP contribution in [0.15, 0.2) is 24.3 Å². The van der Waals surface area contributed by atoms with E-state index in [4.69, 9.17) is 0 Å². The van der Waals surface area contributed by atoms with E-state index in [1.807, 2.05) is 0 Å². The van der Waals surface area contributed by atoms with Crippen LogP contribution in [0, 0.1) is 0 Å². The number of hydrogen-bond donors (Lipinski definition) is 2. The molecule has 1 atom stereocenters. The van der Waals surface area contributed by atoms with Gasteiger partial charge in [-0.2, -0.15) is 0 Å². The molecule has 2 N–H and O–H groups in total. The molecule has 17 heavy (non-hydrogen) atoms. The first kappa shape index (κ1) is 11.9. The summed E-state index contributed by atoms with van der Waals surface area (Å²) in [4.78, 5) is 13.6. The van der Waals surface area contributed by atoms with Crippen molar-refractivity contribution in [3.63, 3.8) is 0 Å². The Labute approximate surface area is 100 Å². The molecule has 92 valence electrons. The van der Waals surface area contributed by atoms with E-state index in [9.17, 15) is 15.0 Å². The van der Waals surface area contributed by atoms with Crippen molar-refractivity contribution >= 4 is 5.91 Å². The van der Waals surface area contributed by atoms with Crippen LogP contribution < -0.4 is 0 Å². The largest absolute Gasteiger partial charge is 0.508 e. The molecule has 1 heterocycles. The predicted octanol–water partition coefficient (Wildman–Crippen LogP) is 0.918. The maximum absolute atomic E-state index is 12.0. The lowest BCUT2D eigenvalue weighted by molar-refractivity contribution is -0.130. The van der Waals surface area contributed by atoms with Gasteiger partial charge in [-0.15, -0.1) is 0 Å². The van der Waals surface area contributed by atoms with E-state index in [-0.39, 0.29) is 18.1 Å². The van der Waals surface area contributed by atoms with Crippen molar-refractivity contribution < 1.29 is 15.0 Å². The molecule has 1 aliphatic heterocycles. The van der Waals surface area contributed by atoms with E-state index in [2.05, 4.69) is 0 Å². The van der Waals surface area contributed by atoms with Crippen LogP contribution in [0.2, 0.25) is 0 Å². The van der Waals surface area contributed by atoms with Crippen LogP contribution in [-0.2, 0) is 11.2 Å². The molecule has 0 aliphatic carbocycles. The second-order valence-electron chi connectivity index (χ2n) is 4.87. The number of benzene rings is 1. The third-order valence-corrected chi connectivity index (χ3v) is 3.14. The summed E-state index contributed by atoms with van der Waals surface area (Å²) < 4.78 is 0. The van der Waals surface area contributed by atoms with Crippen molar-refractivity contribution in [2.45, 2.75) is 25.4 Å². The minimum Gasteiger partial charge on any atom is -0.508 e. The van der Waals surface area contributed by atoms with E-state index in [0.717, 1.165) is 0 Å². The van der Waals surface area contributed by atoms with E-state index in [1.165, 1.54) is 0 Å². The molecule has 0 bridgehead atoms. The van der Waals surface area contributed by atoms with Crippen LogP contribution in [0.4, 0.5) is 0 Å². The number of phenolic OH excluding ortho intramolecular Hbond substituents is 1. The number of carbonyl (C=O) groups is 1. The lowest BCUT2D eigenvalue weighted by Crippen LogP contribution is -2.34. The van der Waals surface area contributed by atoms with Gasteiger partial charge in [-0.05, 0) is 19.4 Å². The number of nitrogens with zero attached hydrogens (tertiary/aromatic N) is 1. The minimum absolute atomic E-state index is 0.0516. The van der Waals surface area contributed by atoms with Gasteiger partial charge >= 0.3 is 0 Å². The maximum atomic E-state index is 12.0. The summed E-state index contributed by atoms with van der Waals surface area (Å²) in [6.07, 6.45) is 0.794. The van der Waals surface area contributed by atoms with Crippen molar-refractivity contribution in [1.29, 1.82) is 0 Å². The number of phenols is 1. The zero-order valence-corrected chi connectivity index (χ0v) is 9.89. The molecule has 1 unspecified atom stereocenters. The summed E-state index contributed by atoms with van der Waals surface area (Å²) in [5.74, 6) is 0.0936. The standard InChI is InChI=1S/C13H17NO3/c1-13(17)6-7-14(9-13)12(16)8-10-4-2-3-5-11(10)15/h2-5,15,17H,6-9H2,1H3. The number of para-hydroxylation sites is 1. The lowest BCUT2D eigenvalue weighted by atomic mass is 10.1. The Balaban J connectivity index is 2.01. The molecule has 2 rings (SSSR count). The number of β-amino-alcohol motifs (C(OH)–C–C–N with tert-alkyl or cyclic N) is 1. The van der Waals surface area contributed by atoms with Crippen LogP contribution in [0.3, 0.4) is 0 Å². The highest BCUT2D eigenvalue weighted by Gasteiger charge is 2.33. The van der Waals surface area contributed by atoms with Crippen LogP contribution in [0.1, 0.15) is 18.9 Å². The fourth-order valence-electron chi connectivity index (χ4n) is 2.09. The topological polar surface area (TPSA) is 60.8 Å². The van der Waals surface area contributed by atoms with Gasteiger partial charge in [-0.3, -0.25) is 4.79 Å². The van der Waals surface area contributed by atoms with Crippen LogP contribution in [-0.4, -0.2) is 39.7 Å². The van der Waals surface area contributed by atoms with Gasteiger partial charge in [0.15, 0.2) is 0 Å². The molecule has 1 amide bonds. The third-order valence-electron chi connectivity index (χ3n) is 3.14. The molecule has 1 aliphatic rings. The van der Waals surface area contributed by atoms with Crippen molar-refractivity contribution in [3.05, 3.63) is 29.8 Å². The van der Waals surface area contributed by atoms with Crippen LogP contribution in [0.5, 0.6) is 5.75 Å². The minimum atomic E-state index is -0.769. The lowest BCUT2D eigenvalue weighted by Gasteiger charge is -2.19. The predicted molar refractivity (Wildman–Crippen MR) is 63.6 cm³/mol. The number of hydrogen-bond acceptors (Lipinski definition) is 3. The first-order chi connectivity index (χ1) is 7.98. The normalized spacial score (nSPS) is 24.0. The monoisotopic (exact) mass is 235 g/mol. The van der Waals surface area contributed by atoms with Gasteiger partial charge in [-0.25, -0.2) is 0 Å². The van der Waals surface area contributed by atoms with E-state index in [1.54, 1.807) is 36.1 Å². The zero-order chi connectivity index (χ0) is 12.5. The van der Waals surface area contributed by atoms with Gasteiger partial charge in [0.25, 0.3) is 0 Å². The Kier molecular flexibility index (Phi) is 3.07. The van der Waals surface area contributed by atoms with Gasteiger partial charge in [0.1, 0.15) is 5.75 Å². The smallest absolute Gasteiger partial charge is 0.227 e. The first-order valence-electron chi connectivity index (χ1n) is 5.75. The zero-order valence-electron chi connectivity index (χ0n) is 9.89. The molecule has 1 aromatic carbocycles. The molecule has 1 aromatic rings. The summed E-state index contributed by atoms with van der Waals surface area (Å²) in [5.41, 5.74) is -0.141. The average Bonchev–Trinajstić information content (AvgIpc) is 2.62. The van der Waals surface area contributed by atoms with E-state index < -0.39 is 5.60 Å². The maximum Gasteiger partial charge on any atom is 0.227 e. The molecule has 0 aromatic heterocycles. The Hall–Kier alpha value is -1.55. The highest BCUT2D eigenvalue weighted by Crippen LogP contribution is 2.22. The summed E-state index contributed by atoms with van der Waals surface area (Å²) in [6, 6.07) is 6.83. The van der Waals surface area contributed by atoms with Crippen LogP contribution >= 0.6 is 0 Å². The van der Waals surface area contributed by atoms with Gasteiger partial charge in [0, 0.05) is 18.7 Å². The van der Waals surface area contributed by atoms with Gasteiger partial charge < -0.3 is 15.1 Å². The van der Waals surface area contributed by atoms with Crippen LogP contribution in [0.25, 0.3) is 0 Å². The average molecular weight is 235 g/mol. The summed E-state index contributed by atoms with van der Waals surface area (Å²) >= 11 is 0. The highest BCUT2D eigenvalue weighted by molar-refractivity contribution is 5.79. The Bertz CT molecular complexity index is 428. The number of likely N-dealkylation sites (tertiary alicyclic amines) is 1. The Morgan fingerprint density at radius 2 is 2.18 bits per heavy atom. The van der Waals surface area contributed by atoms with Gasteiger partial charge in [0.2, 0.25) is 5.91 Å². The van der Waals surface area contributed by atoms with E-state index >= 15 is 0 Å². The Morgan fingerprint density at radius 3 is 2.76 bits per heavy atom. The second-order valence-corrected chi connectivity index (χ2v) is 4.87. The van der Waals surface area contributed by atoms with Crippen molar-refractivity contribution in [2.24, 2.45) is 0 Å². The molecule has 0 spiro atoms.